The first kappa shape index (κ1) is 26.9. The van der Waals surface area contributed by atoms with E-state index in [0.29, 0.717) is 23.9 Å². The largest absolute Gasteiger partial charge is 0.478 e. The van der Waals surface area contributed by atoms with Crippen LogP contribution in [0.15, 0.2) is 66.7 Å². The van der Waals surface area contributed by atoms with E-state index in [0.717, 1.165) is 28.8 Å². The Bertz CT molecular complexity index is 1460. The Morgan fingerprint density at radius 1 is 0.974 bits per heavy atom. The molecule has 4 rings (SSSR count). The number of aromatic carboxylic acids is 1. The molecule has 0 aliphatic rings. The number of benzene rings is 3. The Kier molecular flexibility index (Phi) is 7.57. The Morgan fingerprint density at radius 3 is 2.21 bits per heavy atom. The van der Waals surface area contributed by atoms with E-state index >= 15 is 0 Å². The van der Waals surface area contributed by atoms with Crippen molar-refractivity contribution in [1.82, 2.24) is 15.1 Å². The molecular weight excluding hydrogens is 495 g/mol. The number of carbonyl (C=O) groups excluding carboxylic acids is 1. The molecule has 1 heterocycles. The lowest BCUT2D eigenvalue weighted by Crippen LogP contribution is -2.27. The molecule has 0 bridgehead atoms. The number of carboxylic acids is 1. The predicted molar refractivity (Wildman–Crippen MR) is 138 cm³/mol. The van der Waals surface area contributed by atoms with Gasteiger partial charge in [0.15, 0.2) is 5.69 Å². The van der Waals surface area contributed by atoms with Gasteiger partial charge in [-0.1, -0.05) is 50.2 Å². The van der Waals surface area contributed by atoms with Crippen molar-refractivity contribution >= 4 is 22.8 Å². The standard InChI is InChI=1S/C29H28F3N3O3/c1-17(2)16-35-24-6-4-5-22(15-19-7-13-23(14-8-19)29(30,31)32)25(24)26(34-35)27(36)33-18(3)20-9-11-21(12-10-20)28(37)38/h4-14,17-18H,15-16H2,1-3H3,(H,33,36)(H,37,38). The fraction of sp³-hybridized carbons (Fsp3) is 0.276. The number of halogens is 3. The summed E-state index contributed by atoms with van der Waals surface area (Å²) in [6, 6.07) is 16.4. The van der Waals surface area contributed by atoms with Gasteiger partial charge in [0.05, 0.1) is 22.7 Å². The minimum Gasteiger partial charge on any atom is -0.478 e. The number of aromatic nitrogens is 2. The number of fused-ring (bicyclic) bond motifs is 1. The van der Waals surface area contributed by atoms with Gasteiger partial charge in [-0.2, -0.15) is 18.3 Å². The number of carboxylic acid groups (broad SMARTS) is 1. The lowest BCUT2D eigenvalue weighted by atomic mass is 9.98. The third-order valence-corrected chi connectivity index (χ3v) is 6.30. The number of carbonyl (C=O) groups is 2. The van der Waals surface area contributed by atoms with Crippen LogP contribution in [0.2, 0.25) is 0 Å². The molecule has 1 unspecified atom stereocenters. The van der Waals surface area contributed by atoms with Crippen molar-refractivity contribution in [3.8, 4) is 0 Å². The number of alkyl halides is 3. The Hall–Kier alpha value is -4.14. The van der Waals surface area contributed by atoms with Gasteiger partial charge in [-0.15, -0.1) is 0 Å². The summed E-state index contributed by atoms with van der Waals surface area (Å²) in [5.74, 6) is -1.16. The van der Waals surface area contributed by atoms with Gasteiger partial charge in [-0.25, -0.2) is 4.79 Å². The molecule has 3 aromatic carbocycles. The smallest absolute Gasteiger partial charge is 0.416 e. The van der Waals surface area contributed by atoms with Crippen LogP contribution in [0.1, 0.15) is 69.9 Å². The van der Waals surface area contributed by atoms with Crippen LogP contribution >= 0.6 is 0 Å². The molecule has 0 aliphatic carbocycles. The Morgan fingerprint density at radius 2 is 1.63 bits per heavy atom. The average Bonchev–Trinajstić information content (AvgIpc) is 3.22. The Labute approximate surface area is 218 Å². The molecule has 198 valence electrons. The fourth-order valence-electron chi connectivity index (χ4n) is 4.39. The molecule has 6 nitrogen and oxygen atoms in total. The number of amides is 1. The van der Waals surface area contributed by atoms with Crippen LogP contribution in [0.25, 0.3) is 10.9 Å². The number of rotatable bonds is 8. The van der Waals surface area contributed by atoms with E-state index in [1.807, 2.05) is 32.0 Å². The maximum Gasteiger partial charge on any atom is 0.416 e. The van der Waals surface area contributed by atoms with Crippen LogP contribution in [0, 0.1) is 5.92 Å². The molecule has 2 N–H and O–H groups in total. The van der Waals surface area contributed by atoms with Crippen LogP contribution in [0.5, 0.6) is 0 Å². The summed E-state index contributed by atoms with van der Waals surface area (Å²) in [6.45, 7) is 6.47. The molecule has 0 radical (unpaired) electrons. The summed E-state index contributed by atoms with van der Waals surface area (Å²) in [7, 11) is 0. The quantitative estimate of drug-likeness (QED) is 0.277. The lowest BCUT2D eigenvalue weighted by Gasteiger charge is -2.14. The monoisotopic (exact) mass is 523 g/mol. The third-order valence-electron chi connectivity index (χ3n) is 6.30. The van der Waals surface area contributed by atoms with Gasteiger partial charge in [0.25, 0.3) is 5.91 Å². The van der Waals surface area contributed by atoms with Crippen LogP contribution in [-0.2, 0) is 19.1 Å². The first-order chi connectivity index (χ1) is 17.9. The van der Waals surface area contributed by atoms with E-state index in [1.54, 1.807) is 23.7 Å². The molecule has 1 aromatic heterocycles. The maximum absolute atomic E-state index is 13.5. The van der Waals surface area contributed by atoms with E-state index in [9.17, 15) is 22.8 Å². The summed E-state index contributed by atoms with van der Waals surface area (Å²) in [4.78, 5) is 24.6. The minimum absolute atomic E-state index is 0.151. The molecular formula is C29H28F3N3O3. The zero-order valence-corrected chi connectivity index (χ0v) is 21.2. The molecule has 4 aromatic rings. The number of hydrogen-bond acceptors (Lipinski definition) is 3. The van der Waals surface area contributed by atoms with Crippen molar-refractivity contribution in [3.63, 3.8) is 0 Å². The SMILES string of the molecule is CC(C)Cn1nc(C(=O)NC(C)c2ccc(C(=O)O)cc2)c2c(Cc3ccc(C(F)(F)F)cc3)cccc21. The zero-order chi connectivity index (χ0) is 27.6. The molecule has 0 fully saturated rings. The maximum atomic E-state index is 13.5. The second kappa shape index (κ2) is 10.7. The molecule has 38 heavy (non-hydrogen) atoms. The number of nitrogens with one attached hydrogen (secondary N) is 1. The van der Waals surface area contributed by atoms with Crippen molar-refractivity contribution in [1.29, 1.82) is 0 Å². The van der Waals surface area contributed by atoms with E-state index in [1.165, 1.54) is 24.3 Å². The second-order valence-corrected chi connectivity index (χ2v) is 9.73. The van der Waals surface area contributed by atoms with Gasteiger partial charge in [-0.05, 0) is 66.3 Å². The van der Waals surface area contributed by atoms with Crippen molar-refractivity contribution in [2.24, 2.45) is 5.92 Å². The highest BCUT2D eigenvalue weighted by molar-refractivity contribution is 6.06. The first-order valence-electron chi connectivity index (χ1n) is 12.2. The lowest BCUT2D eigenvalue weighted by molar-refractivity contribution is -0.137. The molecule has 9 heteroatoms. The van der Waals surface area contributed by atoms with E-state index < -0.39 is 29.7 Å². The molecule has 0 aliphatic heterocycles. The molecule has 0 saturated heterocycles. The third kappa shape index (κ3) is 5.88. The normalized spacial score (nSPS) is 12.6. The molecule has 0 spiro atoms. The topological polar surface area (TPSA) is 84.2 Å². The first-order valence-corrected chi connectivity index (χ1v) is 12.2. The summed E-state index contributed by atoms with van der Waals surface area (Å²) in [5.41, 5.74) is 2.64. The van der Waals surface area contributed by atoms with E-state index in [4.69, 9.17) is 5.11 Å². The molecule has 1 atom stereocenters. The molecule has 1 amide bonds. The van der Waals surface area contributed by atoms with Crippen LogP contribution < -0.4 is 5.32 Å². The van der Waals surface area contributed by atoms with Crippen LogP contribution in [0.3, 0.4) is 0 Å². The highest BCUT2D eigenvalue weighted by Gasteiger charge is 2.30. The highest BCUT2D eigenvalue weighted by atomic mass is 19.4. The number of hydrogen-bond donors (Lipinski definition) is 2. The molecule has 0 saturated carbocycles. The van der Waals surface area contributed by atoms with E-state index in [-0.39, 0.29) is 17.2 Å². The van der Waals surface area contributed by atoms with Gasteiger partial charge in [0, 0.05) is 11.9 Å². The predicted octanol–water partition coefficient (Wildman–Crippen LogP) is 6.49. The summed E-state index contributed by atoms with van der Waals surface area (Å²) >= 11 is 0. The highest BCUT2D eigenvalue weighted by Crippen LogP contribution is 2.31. The van der Waals surface area contributed by atoms with Crippen molar-refractivity contribution in [3.05, 3.63) is 100 Å². The fourth-order valence-corrected chi connectivity index (χ4v) is 4.39. The van der Waals surface area contributed by atoms with Crippen molar-refractivity contribution in [2.45, 2.75) is 46.0 Å². The van der Waals surface area contributed by atoms with Gasteiger partial charge < -0.3 is 10.4 Å². The van der Waals surface area contributed by atoms with Crippen LogP contribution in [-0.4, -0.2) is 26.8 Å². The van der Waals surface area contributed by atoms with Gasteiger partial charge >= 0.3 is 12.1 Å². The zero-order valence-electron chi connectivity index (χ0n) is 21.2. The van der Waals surface area contributed by atoms with Crippen LogP contribution in [0.4, 0.5) is 13.2 Å². The summed E-state index contributed by atoms with van der Waals surface area (Å²) < 4.78 is 40.8. The number of nitrogens with zero attached hydrogens (tertiary/aromatic N) is 2. The van der Waals surface area contributed by atoms with Crippen molar-refractivity contribution in [2.75, 3.05) is 0 Å². The summed E-state index contributed by atoms with van der Waals surface area (Å²) in [6.07, 6.45) is -4.08. The average molecular weight is 524 g/mol. The van der Waals surface area contributed by atoms with Crippen molar-refractivity contribution < 1.29 is 27.9 Å². The Balaban J connectivity index is 1.68. The summed E-state index contributed by atoms with van der Waals surface area (Å²) in [5, 5.41) is 17.4. The minimum atomic E-state index is -4.41. The van der Waals surface area contributed by atoms with E-state index in [2.05, 4.69) is 10.4 Å². The van der Waals surface area contributed by atoms with Gasteiger partial charge in [0.1, 0.15) is 0 Å². The van der Waals surface area contributed by atoms with Gasteiger partial charge in [-0.3, -0.25) is 9.48 Å². The second-order valence-electron chi connectivity index (χ2n) is 9.73. The van der Waals surface area contributed by atoms with Gasteiger partial charge in [0.2, 0.25) is 0 Å².